The summed E-state index contributed by atoms with van der Waals surface area (Å²) in [4.78, 5) is 15.7. The fourth-order valence-electron chi connectivity index (χ4n) is 2.06. The van der Waals surface area contributed by atoms with Gasteiger partial charge in [0, 0.05) is 39.6 Å². The third-order valence-corrected chi connectivity index (χ3v) is 3.29. The van der Waals surface area contributed by atoms with E-state index in [2.05, 4.69) is 29.2 Å². The van der Waals surface area contributed by atoms with E-state index in [-0.39, 0.29) is 5.91 Å². The van der Waals surface area contributed by atoms with Gasteiger partial charge in [0.25, 0.3) is 0 Å². The Balaban J connectivity index is 1.83. The summed E-state index contributed by atoms with van der Waals surface area (Å²) in [5.74, 6) is 0.254. The molecule has 0 unspecified atom stereocenters. The molecule has 1 aromatic rings. The van der Waals surface area contributed by atoms with Crippen molar-refractivity contribution in [1.29, 1.82) is 0 Å². The summed E-state index contributed by atoms with van der Waals surface area (Å²) in [6.45, 7) is 3.57. The van der Waals surface area contributed by atoms with Gasteiger partial charge in [0.15, 0.2) is 0 Å². The largest absolute Gasteiger partial charge is 0.344 e. The van der Waals surface area contributed by atoms with Gasteiger partial charge in [-0.15, -0.1) is 0 Å². The predicted octanol–water partition coefficient (Wildman–Crippen LogP) is 1.86. The third-order valence-electron chi connectivity index (χ3n) is 3.29. The van der Waals surface area contributed by atoms with Gasteiger partial charge in [-0.2, -0.15) is 0 Å². The van der Waals surface area contributed by atoms with Crippen molar-refractivity contribution >= 4 is 12.0 Å². The van der Waals surface area contributed by atoms with Crippen molar-refractivity contribution in [2.24, 2.45) is 0 Å². The monoisotopic (exact) mass is 244 g/mol. The number of carbonyl (C=O) groups is 1. The number of carbonyl (C=O) groups excluding carboxylic acids is 1. The van der Waals surface area contributed by atoms with Crippen molar-refractivity contribution in [3.63, 3.8) is 0 Å². The Bertz CT molecular complexity index is 414. The van der Waals surface area contributed by atoms with E-state index in [0.29, 0.717) is 6.42 Å². The summed E-state index contributed by atoms with van der Waals surface area (Å²) in [5, 5.41) is 0. The van der Waals surface area contributed by atoms with Gasteiger partial charge in [0.1, 0.15) is 0 Å². The maximum atomic E-state index is 11.5. The van der Waals surface area contributed by atoms with E-state index in [4.69, 9.17) is 0 Å². The highest BCUT2D eigenvalue weighted by Crippen LogP contribution is 2.04. The van der Waals surface area contributed by atoms with Crippen LogP contribution in [-0.2, 0) is 4.79 Å². The SMILES string of the molecule is CN1CCN(C/C=C/c2ccccc2)CCC1=O. The first kappa shape index (κ1) is 12.8. The fraction of sp³-hybridized carbons (Fsp3) is 0.400. The maximum absolute atomic E-state index is 11.5. The molecule has 1 fully saturated rings. The average Bonchev–Trinajstić information content (AvgIpc) is 2.55. The number of likely N-dealkylation sites (N-methyl/N-ethyl adjacent to an activating group) is 1. The molecule has 1 saturated heterocycles. The number of nitrogens with zero attached hydrogens (tertiary/aromatic N) is 2. The zero-order valence-electron chi connectivity index (χ0n) is 10.9. The Kier molecular flexibility index (Phi) is 4.53. The standard InChI is InChI=1S/C15H20N2O/c1-16-12-13-17(11-9-15(16)18)10-5-8-14-6-3-2-4-7-14/h2-8H,9-13H2,1H3/b8-5+. The molecule has 1 aliphatic rings. The van der Waals surface area contributed by atoms with E-state index >= 15 is 0 Å². The van der Waals surface area contributed by atoms with Crippen molar-refractivity contribution in [2.75, 3.05) is 33.2 Å². The van der Waals surface area contributed by atoms with E-state index in [9.17, 15) is 4.79 Å². The minimum absolute atomic E-state index is 0.254. The normalized spacial score (nSPS) is 18.3. The highest BCUT2D eigenvalue weighted by molar-refractivity contribution is 5.76. The molecule has 3 nitrogen and oxygen atoms in total. The molecule has 3 heteroatoms. The Hall–Kier alpha value is -1.61. The predicted molar refractivity (Wildman–Crippen MR) is 74.2 cm³/mol. The van der Waals surface area contributed by atoms with Crippen LogP contribution in [0.1, 0.15) is 12.0 Å². The molecule has 18 heavy (non-hydrogen) atoms. The lowest BCUT2D eigenvalue weighted by Crippen LogP contribution is -2.30. The highest BCUT2D eigenvalue weighted by atomic mass is 16.2. The number of benzene rings is 1. The molecule has 0 spiro atoms. The number of hydrogen-bond acceptors (Lipinski definition) is 2. The first-order chi connectivity index (χ1) is 8.75. The molecular formula is C15H20N2O. The Labute approximate surface area is 109 Å². The van der Waals surface area contributed by atoms with Crippen molar-refractivity contribution < 1.29 is 4.79 Å². The average molecular weight is 244 g/mol. The third kappa shape index (κ3) is 3.70. The molecule has 1 aromatic carbocycles. The summed E-state index contributed by atoms with van der Waals surface area (Å²) in [7, 11) is 1.88. The van der Waals surface area contributed by atoms with Crippen LogP contribution in [-0.4, -0.2) is 48.9 Å². The molecule has 0 radical (unpaired) electrons. The van der Waals surface area contributed by atoms with Crippen LogP contribution in [0, 0.1) is 0 Å². The lowest BCUT2D eigenvalue weighted by Gasteiger charge is -2.17. The zero-order valence-corrected chi connectivity index (χ0v) is 10.9. The summed E-state index contributed by atoms with van der Waals surface area (Å²) in [6, 6.07) is 10.3. The van der Waals surface area contributed by atoms with Crippen molar-refractivity contribution in [2.45, 2.75) is 6.42 Å². The van der Waals surface area contributed by atoms with Gasteiger partial charge in [-0.3, -0.25) is 9.69 Å². The van der Waals surface area contributed by atoms with Gasteiger partial charge in [0.05, 0.1) is 0 Å². The topological polar surface area (TPSA) is 23.6 Å². The molecule has 1 aliphatic heterocycles. The molecule has 0 atom stereocenters. The minimum Gasteiger partial charge on any atom is -0.344 e. The number of rotatable bonds is 3. The van der Waals surface area contributed by atoms with Gasteiger partial charge >= 0.3 is 0 Å². The maximum Gasteiger partial charge on any atom is 0.223 e. The summed E-state index contributed by atoms with van der Waals surface area (Å²) in [5.41, 5.74) is 1.22. The first-order valence-electron chi connectivity index (χ1n) is 6.43. The second-order valence-electron chi connectivity index (χ2n) is 4.68. The van der Waals surface area contributed by atoms with Crippen LogP contribution in [0.3, 0.4) is 0 Å². The number of hydrogen-bond donors (Lipinski definition) is 0. The van der Waals surface area contributed by atoms with E-state index in [1.54, 1.807) is 0 Å². The van der Waals surface area contributed by atoms with E-state index in [1.165, 1.54) is 5.56 Å². The van der Waals surface area contributed by atoms with Crippen molar-refractivity contribution in [3.05, 3.63) is 42.0 Å². The Morgan fingerprint density at radius 1 is 1.17 bits per heavy atom. The smallest absolute Gasteiger partial charge is 0.223 e. The van der Waals surface area contributed by atoms with Gasteiger partial charge in [-0.05, 0) is 5.56 Å². The quantitative estimate of drug-likeness (QED) is 0.810. The molecule has 1 heterocycles. The summed E-state index contributed by atoms with van der Waals surface area (Å²) in [6.07, 6.45) is 4.94. The van der Waals surface area contributed by atoms with Crippen LogP contribution in [0.4, 0.5) is 0 Å². The molecule has 2 rings (SSSR count). The molecule has 0 aromatic heterocycles. The molecule has 0 saturated carbocycles. The second kappa shape index (κ2) is 6.36. The van der Waals surface area contributed by atoms with Crippen molar-refractivity contribution in [3.8, 4) is 0 Å². The summed E-state index contributed by atoms with van der Waals surface area (Å²) < 4.78 is 0. The van der Waals surface area contributed by atoms with Crippen LogP contribution in [0.25, 0.3) is 6.08 Å². The molecule has 96 valence electrons. The molecule has 0 N–H and O–H groups in total. The molecule has 0 bridgehead atoms. The van der Waals surface area contributed by atoms with Crippen LogP contribution in [0.2, 0.25) is 0 Å². The van der Waals surface area contributed by atoms with Crippen LogP contribution >= 0.6 is 0 Å². The molecular weight excluding hydrogens is 224 g/mol. The van der Waals surface area contributed by atoms with Crippen LogP contribution in [0.5, 0.6) is 0 Å². The molecule has 1 amide bonds. The lowest BCUT2D eigenvalue weighted by molar-refractivity contribution is -0.129. The fourth-order valence-corrected chi connectivity index (χ4v) is 2.06. The van der Waals surface area contributed by atoms with E-state index in [1.807, 2.05) is 30.1 Å². The van der Waals surface area contributed by atoms with Crippen LogP contribution < -0.4 is 0 Å². The minimum atomic E-state index is 0.254. The van der Waals surface area contributed by atoms with Crippen LogP contribution in [0.15, 0.2) is 36.4 Å². The number of amides is 1. The lowest BCUT2D eigenvalue weighted by atomic mass is 10.2. The summed E-state index contributed by atoms with van der Waals surface area (Å²) >= 11 is 0. The highest BCUT2D eigenvalue weighted by Gasteiger charge is 2.16. The first-order valence-corrected chi connectivity index (χ1v) is 6.43. The molecule has 0 aliphatic carbocycles. The van der Waals surface area contributed by atoms with E-state index in [0.717, 1.165) is 26.2 Å². The van der Waals surface area contributed by atoms with Gasteiger partial charge in [0.2, 0.25) is 5.91 Å². The Morgan fingerprint density at radius 2 is 1.94 bits per heavy atom. The Morgan fingerprint density at radius 3 is 2.72 bits per heavy atom. The zero-order chi connectivity index (χ0) is 12.8. The van der Waals surface area contributed by atoms with E-state index < -0.39 is 0 Å². The van der Waals surface area contributed by atoms with Gasteiger partial charge < -0.3 is 4.90 Å². The van der Waals surface area contributed by atoms with Gasteiger partial charge in [-0.1, -0.05) is 42.5 Å². The second-order valence-corrected chi connectivity index (χ2v) is 4.68. The van der Waals surface area contributed by atoms with Gasteiger partial charge in [-0.25, -0.2) is 0 Å². The van der Waals surface area contributed by atoms with Crippen molar-refractivity contribution in [1.82, 2.24) is 9.80 Å².